The molecule has 0 aliphatic heterocycles. The number of nitrogens with one attached hydrogen (secondary N) is 1. The van der Waals surface area contributed by atoms with Crippen LogP contribution in [0.5, 0.6) is 0 Å². The summed E-state index contributed by atoms with van der Waals surface area (Å²) in [5.74, 6) is 0.504. The fourth-order valence-electron chi connectivity index (χ4n) is 1.41. The van der Waals surface area contributed by atoms with E-state index in [9.17, 15) is 10.1 Å². The molecule has 0 aliphatic rings. The Labute approximate surface area is 93.3 Å². The minimum Gasteiger partial charge on any atom is -0.358 e. The number of imidazole rings is 1. The Morgan fingerprint density at radius 3 is 2.94 bits per heavy atom. The van der Waals surface area contributed by atoms with Crippen LogP contribution in [0.15, 0.2) is 24.5 Å². The third-order valence-electron chi connectivity index (χ3n) is 2.15. The van der Waals surface area contributed by atoms with Crippen LogP contribution >= 0.6 is 0 Å². The highest BCUT2D eigenvalue weighted by Gasteiger charge is 2.17. The second-order valence-electron chi connectivity index (χ2n) is 3.18. The summed E-state index contributed by atoms with van der Waals surface area (Å²) in [5.41, 5.74) is 0.419. The van der Waals surface area contributed by atoms with Gasteiger partial charge in [-0.25, -0.2) is 4.98 Å². The second-order valence-corrected chi connectivity index (χ2v) is 3.18. The normalized spacial score (nSPS) is 10.8. The molecule has 9 nitrogen and oxygen atoms in total. The van der Waals surface area contributed by atoms with Gasteiger partial charge in [0.15, 0.2) is 5.82 Å². The average Bonchev–Trinajstić information content (AvgIpc) is 2.96. The standard InChI is InChI=1S/C8H5N7O2/c16-15(17)6-2-1-5-11-12-8(14(5)13-6)7-9-3-4-10-7/h1-4H,(H,9,10). The van der Waals surface area contributed by atoms with Gasteiger partial charge in [-0.3, -0.25) is 0 Å². The zero-order valence-corrected chi connectivity index (χ0v) is 8.31. The first-order valence-electron chi connectivity index (χ1n) is 4.62. The molecule has 0 atom stereocenters. The van der Waals surface area contributed by atoms with E-state index in [2.05, 4.69) is 25.3 Å². The van der Waals surface area contributed by atoms with E-state index in [1.165, 1.54) is 16.6 Å². The Morgan fingerprint density at radius 1 is 1.35 bits per heavy atom. The number of aromatic amines is 1. The predicted molar refractivity (Wildman–Crippen MR) is 55.0 cm³/mol. The van der Waals surface area contributed by atoms with E-state index in [-0.39, 0.29) is 5.82 Å². The molecule has 0 aromatic carbocycles. The Hall–Kier alpha value is -2.84. The maximum absolute atomic E-state index is 10.6. The van der Waals surface area contributed by atoms with E-state index < -0.39 is 4.92 Å². The van der Waals surface area contributed by atoms with Crippen molar-refractivity contribution in [3.63, 3.8) is 0 Å². The molecule has 0 unspecified atom stereocenters. The Morgan fingerprint density at radius 2 is 2.24 bits per heavy atom. The van der Waals surface area contributed by atoms with Crippen molar-refractivity contribution in [2.75, 3.05) is 0 Å². The van der Waals surface area contributed by atoms with Crippen molar-refractivity contribution in [3.05, 3.63) is 34.6 Å². The molecule has 3 rings (SSSR count). The van der Waals surface area contributed by atoms with Gasteiger partial charge in [0.05, 0.1) is 5.10 Å². The van der Waals surface area contributed by atoms with Crippen LogP contribution in [0.3, 0.4) is 0 Å². The smallest absolute Gasteiger partial charge is 0.358 e. The van der Waals surface area contributed by atoms with E-state index in [4.69, 9.17) is 0 Å². The quantitative estimate of drug-likeness (QED) is 0.504. The largest absolute Gasteiger partial charge is 0.389 e. The predicted octanol–water partition coefficient (Wildman–Crippen LogP) is 0.423. The molecule has 9 heteroatoms. The van der Waals surface area contributed by atoms with E-state index in [0.717, 1.165) is 0 Å². The SMILES string of the molecule is O=[N+]([O-])c1ccc2nnc(-c3ncc[nH]3)n2n1. The van der Waals surface area contributed by atoms with Gasteiger partial charge in [-0.1, -0.05) is 4.52 Å². The maximum Gasteiger partial charge on any atom is 0.389 e. The van der Waals surface area contributed by atoms with Crippen LogP contribution in [-0.2, 0) is 0 Å². The van der Waals surface area contributed by atoms with Crippen LogP contribution in [0.1, 0.15) is 0 Å². The molecule has 84 valence electrons. The highest BCUT2D eigenvalue weighted by Crippen LogP contribution is 2.14. The first kappa shape index (κ1) is 9.39. The Bertz CT molecular complexity index is 687. The summed E-state index contributed by atoms with van der Waals surface area (Å²) in [7, 11) is 0. The summed E-state index contributed by atoms with van der Waals surface area (Å²) < 4.78 is 1.27. The molecule has 0 radical (unpaired) electrons. The van der Waals surface area contributed by atoms with Crippen molar-refractivity contribution < 1.29 is 4.92 Å². The fourth-order valence-corrected chi connectivity index (χ4v) is 1.41. The van der Waals surface area contributed by atoms with Gasteiger partial charge in [-0.05, 0) is 11.0 Å². The van der Waals surface area contributed by atoms with Gasteiger partial charge in [0.1, 0.15) is 0 Å². The maximum atomic E-state index is 10.6. The summed E-state index contributed by atoms with van der Waals surface area (Å²) >= 11 is 0. The van der Waals surface area contributed by atoms with E-state index in [1.807, 2.05) is 0 Å². The lowest BCUT2D eigenvalue weighted by Crippen LogP contribution is -2.00. The number of aromatic nitrogens is 6. The molecule has 0 amide bonds. The lowest BCUT2D eigenvalue weighted by atomic mass is 10.5. The summed E-state index contributed by atoms with van der Waals surface area (Å²) in [4.78, 5) is 16.9. The molecular formula is C8H5N7O2. The molecule has 0 aliphatic carbocycles. The number of fused-ring (bicyclic) bond motifs is 1. The minimum absolute atomic E-state index is 0.273. The Kier molecular flexibility index (Phi) is 1.84. The first-order valence-corrected chi connectivity index (χ1v) is 4.62. The zero-order valence-electron chi connectivity index (χ0n) is 8.31. The van der Waals surface area contributed by atoms with Crippen LogP contribution < -0.4 is 0 Å². The molecule has 1 N–H and O–H groups in total. The van der Waals surface area contributed by atoms with Gasteiger partial charge in [-0.15, -0.1) is 10.2 Å². The molecule has 3 aromatic rings. The number of rotatable bonds is 2. The molecule has 0 saturated carbocycles. The molecule has 3 heterocycles. The number of hydrogen-bond donors (Lipinski definition) is 1. The van der Waals surface area contributed by atoms with Gasteiger partial charge in [0.2, 0.25) is 11.5 Å². The summed E-state index contributed by atoms with van der Waals surface area (Å²) in [6, 6.07) is 2.75. The lowest BCUT2D eigenvalue weighted by Gasteiger charge is -1.92. The van der Waals surface area contributed by atoms with Crippen molar-refractivity contribution in [2.24, 2.45) is 0 Å². The Balaban J connectivity index is 2.26. The van der Waals surface area contributed by atoms with Gasteiger partial charge in [0, 0.05) is 18.5 Å². The van der Waals surface area contributed by atoms with E-state index in [1.54, 1.807) is 12.4 Å². The minimum atomic E-state index is -0.578. The van der Waals surface area contributed by atoms with E-state index in [0.29, 0.717) is 17.3 Å². The molecular weight excluding hydrogens is 226 g/mol. The monoisotopic (exact) mass is 231 g/mol. The molecule has 3 aromatic heterocycles. The van der Waals surface area contributed by atoms with Crippen molar-refractivity contribution in [2.45, 2.75) is 0 Å². The third-order valence-corrected chi connectivity index (χ3v) is 2.15. The van der Waals surface area contributed by atoms with Crippen LogP contribution in [0.4, 0.5) is 5.82 Å². The van der Waals surface area contributed by atoms with Crippen LogP contribution in [-0.4, -0.2) is 34.7 Å². The molecule has 0 fully saturated rings. The number of hydrogen-bond acceptors (Lipinski definition) is 6. The van der Waals surface area contributed by atoms with Crippen LogP contribution in [0.25, 0.3) is 17.3 Å². The molecule has 0 bridgehead atoms. The first-order chi connectivity index (χ1) is 8.25. The van der Waals surface area contributed by atoms with Crippen LogP contribution in [0, 0.1) is 10.1 Å². The molecule has 0 saturated heterocycles. The summed E-state index contributed by atoms with van der Waals surface area (Å²) in [6.45, 7) is 0. The topological polar surface area (TPSA) is 115 Å². The summed E-state index contributed by atoms with van der Waals surface area (Å²) in [5, 5.41) is 22.2. The number of H-pyrrole nitrogens is 1. The highest BCUT2D eigenvalue weighted by molar-refractivity contribution is 5.51. The van der Waals surface area contributed by atoms with Crippen molar-refractivity contribution in [3.8, 4) is 11.6 Å². The van der Waals surface area contributed by atoms with Crippen molar-refractivity contribution in [1.29, 1.82) is 0 Å². The number of nitro groups is 1. The van der Waals surface area contributed by atoms with Gasteiger partial charge < -0.3 is 15.1 Å². The van der Waals surface area contributed by atoms with Gasteiger partial charge in [0.25, 0.3) is 0 Å². The third kappa shape index (κ3) is 1.40. The lowest BCUT2D eigenvalue weighted by molar-refractivity contribution is -0.390. The van der Waals surface area contributed by atoms with Crippen molar-refractivity contribution in [1.82, 2.24) is 29.8 Å². The fraction of sp³-hybridized carbons (Fsp3) is 0. The second kappa shape index (κ2) is 3.33. The molecule has 17 heavy (non-hydrogen) atoms. The number of nitrogens with zero attached hydrogens (tertiary/aromatic N) is 6. The average molecular weight is 231 g/mol. The van der Waals surface area contributed by atoms with Crippen LogP contribution in [0.2, 0.25) is 0 Å². The zero-order chi connectivity index (χ0) is 11.8. The van der Waals surface area contributed by atoms with Gasteiger partial charge in [-0.2, -0.15) is 0 Å². The highest BCUT2D eigenvalue weighted by atomic mass is 16.6. The van der Waals surface area contributed by atoms with E-state index >= 15 is 0 Å². The molecule has 0 spiro atoms. The van der Waals surface area contributed by atoms with Crippen molar-refractivity contribution >= 4 is 11.5 Å². The summed E-state index contributed by atoms with van der Waals surface area (Å²) in [6.07, 6.45) is 3.17. The van der Waals surface area contributed by atoms with Gasteiger partial charge >= 0.3 is 5.82 Å².